The number of piperidine rings is 1. The molecule has 2 saturated heterocycles. The quantitative estimate of drug-likeness (QED) is 0.775. The fourth-order valence-electron chi connectivity index (χ4n) is 4.07. The van der Waals surface area contributed by atoms with Crippen LogP contribution in [0.2, 0.25) is 0 Å². The van der Waals surface area contributed by atoms with Crippen molar-refractivity contribution in [2.75, 3.05) is 36.4 Å². The summed E-state index contributed by atoms with van der Waals surface area (Å²) in [6.07, 6.45) is 1.50. The molecule has 2 fully saturated rings. The second-order valence-electron chi connectivity index (χ2n) is 7.90. The lowest BCUT2D eigenvalue weighted by molar-refractivity contribution is -0.117. The standard InChI is InChI=1S/C23H26N4O3/c1-17-7-9-18(10-8-17)24-21(28)15-25-13-11-19(12-14-25)26-16-22(29)27(23(26)30)20-5-3-2-4-6-20/h2-10,19H,11-16H2,1H3,(H,24,28). The fourth-order valence-corrected chi connectivity index (χ4v) is 4.07. The van der Waals surface area contributed by atoms with Crippen molar-refractivity contribution in [1.29, 1.82) is 0 Å². The molecule has 7 heteroatoms. The van der Waals surface area contributed by atoms with Crippen molar-refractivity contribution >= 4 is 29.2 Å². The van der Waals surface area contributed by atoms with Crippen molar-refractivity contribution < 1.29 is 14.4 Å². The number of rotatable bonds is 5. The molecule has 0 radical (unpaired) electrons. The van der Waals surface area contributed by atoms with E-state index < -0.39 is 0 Å². The van der Waals surface area contributed by atoms with Crippen molar-refractivity contribution in [3.05, 3.63) is 60.2 Å². The average molecular weight is 406 g/mol. The second kappa shape index (κ2) is 8.67. The van der Waals surface area contributed by atoms with Crippen LogP contribution >= 0.6 is 0 Å². The lowest BCUT2D eigenvalue weighted by Crippen LogP contribution is -2.48. The van der Waals surface area contributed by atoms with Crippen molar-refractivity contribution in [2.45, 2.75) is 25.8 Å². The van der Waals surface area contributed by atoms with Crippen LogP contribution in [0.4, 0.5) is 16.2 Å². The van der Waals surface area contributed by atoms with Crippen LogP contribution in [0.5, 0.6) is 0 Å². The van der Waals surface area contributed by atoms with Crippen LogP contribution in [0.3, 0.4) is 0 Å². The van der Waals surface area contributed by atoms with Crippen LogP contribution in [0.1, 0.15) is 18.4 Å². The summed E-state index contributed by atoms with van der Waals surface area (Å²) < 4.78 is 0. The minimum Gasteiger partial charge on any atom is -0.325 e. The number of hydrogen-bond donors (Lipinski definition) is 1. The molecule has 0 saturated carbocycles. The smallest absolute Gasteiger partial charge is 0.325 e. The van der Waals surface area contributed by atoms with Gasteiger partial charge >= 0.3 is 6.03 Å². The Morgan fingerprint density at radius 3 is 2.33 bits per heavy atom. The largest absolute Gasteiger partial charge is 0.332 e. The Morgan fingerprint density at radius 1 is 1.00 bits per heavy atom. The van der Waals surface area contributed by atoms with Gasteiger partial charge in [-0.1, -0.05) is 35.9 Å². The Hall–Kier alpha value is -3.19. The van der Waals surface area contributed by atoms with Gasteiger partial charge in [-0.05, 0) is 44.0 Å². The highest BCUT2D eigenvalue weighted by Crippen LogP contribution is 2.26. The maximum absolute atomic E-state index is 12.9. The number of urea groups is 1. The van der Waals surface area contributed by atoms with E-state index in [0.29, 0.717) is 12.2 Å². The van der Waals surface area contributed by atoms with E-state index in [1.165, 1.54) is 4.90 Å². The molecule has 0 atom stereocenters. The molecule has 2 aromatic carbocycles. The highest BCUT2D eigenvalue weighted by Gasteiger charge is 2.41. The highest BCUT2D eigenvalue weighted by atomic mass is 16.2. The number of nitrogens with one attached hydrogen (secondary N) is 1. The van der Waals surface area contributed by atoms with Gasteiger partial charge in [0.25, 0.3) is 5.91 Å². The summed E-state index contributed by atoms with van der Waals surface area (Å²) in [5, 5.41) is 2.92. The SMILES string of the molecule is Cc1ccc(NC(=O)CN2CCC(N3CC(=O)N(c4ccccc4)C3=O)CC2)cc1. The number of carbonyl (C=O) groups excluding carboxylic acids is 3. The van der Waals surface area contributed by atoms with E-state index in [0.717, 1.165) is 37.2 Å². The molecule has 2 heterocycles. The van der Waals surface area contributed by atoms with Crippen molar-refractivity contribution in [1.82, 2.24) is 9.80 Å². The van der Waals surface area contributed by atoms with E-state index in [1.54, 1.807) is 17.0 Å². The van der Waals surface area contributed by atoms with Crippen molar-refractivity contribution in [3.63, 3.8) is 0 Å². The van der Waals surface area contributed by atoms with Crippen molar-refractivity contribution in [2.24, 2.45) is 0 Å². The van der Waals surface area contributed by atoms with Gasteiger partial charge in [-0.25, -0.2) is 9.69 Å². The van der Waals surface area contributed by atoms with Crippen LogP contribution in [-0.4, -0.2) is 59.9 Å². The number of aryl methyl sites for hydroxylation is 1. The minimum absolute atomic E-state index is 0.0200. The first-order chi connectivity index (χ1) is 14.5. The predicted octanol–water partition coefficient (Wildman–Crippen LogP) is 2.87. The molecule has 0 aromatic heterocycles. The molecule has 4 rings (SSSR count). The van der Waals surface area contributed by atoms with Gasteiger partial charge in [0.15, 0.2) is 0 Å². The van der Waals surface area contributed by atoms with Crippen LogP contribution in [-0.2, 0) is 9.59 Å². The average Bonchev–Trinajstić information content (AvgIpc) is 3.05. The zero-order chi connectivity index (χ0) is 21.1. The Bertz CT molecular complexity index is 921. The first kappa shape index (κ1) is 20.1. The van der Waals surface area contributed by atoms with Gasteiger partial charge in [0.1, 0.15) is 6.54 Å². The van der Waals surface area contributed by atoms with E-state index in [1.807, 2.05) is 49.4 Å². The summed E-state index contributed by atoms with van der Waals surface area (Å²) in [4.78, 5) is 42.7. The molecule has 2 aromatic rings. The van der Waals surface area contributed by atoms with E-state index in [9.17, 15) is 14.4 Å². The Labute approximate surface area is 176 Å². The molecular formula is C23H26N4O3. The minimum atomic E-state index is -0.248. The number of benzene rings is 2. The summed E-state index contributed by atoms with van der Waals surface area (Å²) in [7, 11) is 0. The Morgan fingerprint density at radius 2 is 1.67 bits per heavy atom. The molecule has 2 aliphatic heterocycles. The summed E-state index contributed by atoms with van der Waals surface area (Å²) >= 11 is 0. The van der Waals surface area contributed by atoms with Gasteiger partial charge in [-0.15, -0.1) is 0 Å². The number of amides is 4. The van der Waals surface area contributed by atoms with Gasteiger partial charge in [0.05, 0.1) is 12.2 Å². The van der Waals surface area contributed by atoms with E-state index in [4.69, 9.17) is 0 Å². The number of hydrogen-bond acceptors (Lipinski definition) is 4. The van der Waals surface area contributed by atoms with Gasteiger partial charge in [0, 0.05) is 24.8 Å². The molecule has 0 spiro atoms. The lowest BCUT2D eigenvalue weighted by atomic mass is 10.0. The topological polar surface area (TPSA) is 73.0 Å². The zero-order valence-electron chi connectivity index (χ0n) is 17.1. The first-order valence-corrected chi connectivity index (χ1v) is 10.3. The van der Waals surface area contributed by atoms with Crippen LogP contribution in [0, 0.1) is 6.92 Å². The summed E-state index contributed by atoms with van der Waals surface area (Å²) in [5.74, 6) is -0.230. The van der Waals surface area contributed by atoms with Gasteiger partial charge < -0.3 is 10.2 Å². The number of carbonyl (C=O) groups is 3. The third-order valence-corrected chi connectivity index (χ3v) is 5.71. The highest BCUT2D eigenvalue weighted by molar-refractivity contribution is 6.19. The van der Waals surface area contributed by atoms with E-state index >= 15 is 0 Å². The Kier molecular flexibility index (Phi) is 5.81. The molecule has 30 heavy (non-hydrogen) atoms. The maximum atomic E-state index is 12.9. The molecule has 0 aliphatic carbocycles. The van der Waals surface area contributed by atoms with Gasteiger partial charge in [-0.2, -0.15) is 0 Å². The van der Waals surface area contributed by atoms with Gasteiger partial charge in [0.2, 0.25) is 5.91 Å². The van der Waals surface area contributed by atoms with Gasteiger partial charge in [-0.3, -0.25) is 14.5 Å². The summed E-state index contributed by atoms with van der Waals surface area (Å²) in [5.41, 5.74) is 2.55. The number of para-hydroxylation sites is 1. The number of nitrogens with zero attached hydrogens (tertiary/aromatic N) is 3. The van der Waals surface area contributed by atoms with Crippen molar-refractivity contribution in [3.8, 4) is 0 Å². The molecule has 1 N–H and O–H groups in total. The summed E-state index contributed by atoms with van der Waals surface area (Å²) in [6, 6.07) is 16.5. The summed E-state index contributed by atoms with van der Waals surface area (Å²) in [6.45, 7) is 3.88. The fraction of sp³-hybridized carbons (Fsp3) is 0.348. The Balaban J connectivity index is 1.29. The zero-order valence-corrected chi connectivity index (χ0v) is 17.1. The molecule has 2 aliphatic rings. The van der Waals surface area contributed by atoms with Crippen LogP contribution < -0.4 is 10.2 Å². The molecule has 156 valence electrons. The molecular weight excluding hydrogens is 380 g/mol. The third-order valence-electron chi connectivity index (χ3n) is 5.71. The normalized spacial score (nSPS) is 18.2. The molecule has 0 bridgehead atoms. The number of likely N-dealkylation sites (tertiary alicyclic amines) is 1. The second-order valence-corrected chi connectivity index (χ2v) is 7.90. The third kappa shape index (κ3) is 4.36. The molecule has 0 unspecified atom stereocenters. The molecule has 7 nitrogen and oxygen atoms in total. The molecule has 4 amide bonds. The van der Waals surface area contributed by atoms with Crippen LogP contribution in [0.25, 0.3) is 0 Å². The van der Waals surface area contributed by atoms with E-state index in [-0.39, 0.29) is 30.4 Å². The monoisotopic (exact) mass is 406 g/mol. The predicted molar refractivity (Wildman–Crippen MR) is 115 cm³/mol. The number of imide groups is 1. The first-order valence-electron chi connectivity index (χ1n) is 10.3. The lowest BCUT2D eigenvalue weighted by Gasteiger charge is -2.35. The van der Waals surface area contributed by atoms with E-state index in [2.05, 4.69) is 10.2 Å². The van der Waals surface area contributed by atoms with Crippen LogP contribution in [0.15, 0.2) is 54.6 Å². The number of anilines is 2. The maximum Gasteiger partial charge on any atom is 0.332 e.